The summed E-state index contributed by atoms with van der Waals surface area (Å²) in [6.07, 6.45) is 5.52. The summed E-state index contributed by atoms with van der Waals surface area (Å²) in [5.41, 5.74) is 8.44. The van der Waals surface area contributed by atoms with Crippen LogP contribution >= 0.6 is 0 Å². The van der Waals surface area contributed by atoms with E-state index >= 15 is 0 Å². The molecule has 2 aromatic heterocycles. The van der Waals surface area contributed by atoms with E-state index in [9.17, 15) is 9.59 Å². The van der Waals surface area contributed by atoms with E-state index < -0.39 is 0 Å². The molecular weight excluding hydrogens is 408 g/mol. The summed E-state index contributed by atoms with van der Waals surface area (Å²) >= 11 is 0. The van der Waals surface area contributed by atoms with Gasteiger partial charge in [0.15, 0.2) is 5.65 Å². The van der Waals surface area contributed by atoms with Crippen LogP contribution in [0.25, 0.3) is 11.2 Å². The van der Waals surface area contributed by atoms with E-state index in [1.165, 1.54) is 0 Å². The molecule has 0 radical (unpaired) electrons. The maximum Gasteiger partial charge on any atom is 0.258 e. The highest BCUT2D eigenvalue weighted by molar-refractivity contribution is 6.04. The Morgan fingerprint density at radius 2 is 1.97 bits per heavy atom. The molecule has 1 saturated heterocycles. The van der Waals surface area contributed by atoms with Crippen LogP contribution in [0.3, 0.4) is 0 Å². The molecule has 1 fully saturated rings. The highest BCUT2D eigenvalue weighted by Gasteiger charge is 2.21. The molecule has 32 heavy (non-hydrogen) atoms. The summed E-state index contributed by atoms with van der Waals surface area (Å²) in [4.78, 5) is 36.7. The Labute approximate surface area is 186 Å². The van der Waals surface area contributed by atoms with E-state index in [2.05, 4.69) is 15.3 Å². The van der Waals surface area contributed by atoms with Gasteiger partial charge in [-0.3, -0.25) is 19.5 Å². The zero-order chi connectivity index (χ0) is 22.5. The van der Waals surface area contributed by atoms with Crippen molar-refractivity contribution in [3.8, 4) is 0 Å². The van der Waals surface area contributed by atoms with E-state index in [0.717, 1.165) is 38.8 Å². The van der Waals surface area contributed by atoms with Crippen LogP contribution in [-0.4, -0.2) is 58.1 Å². The summed E-state index contributed by atoms with van der Waals surface area (Å²) in [6.45, 7) is 2.66. The molecule has 168 valence electrons. The fraction of sp³-hybridized carbons (Fsp3) is 0.391. The van der Waals surface area contributed by atoms with Crippen molar-refractivity contribution in [2.75, 3.05) is 37.9 Å². The lowest BCUT2D eigenvalue weighted by Crippen LogP contribution is -2.35. The van der Waals surface area contributed by atoms with Gasteiger partial charge in [0, 0.05) is 50.8 Å². The second-order valence-corrected chi connectivity index (χ2v) is 7.93. The minimum absolute atomic E-state index is 0.0293. The molecule has 0 aliphatic carbocycles. The molecule has 1 aliphatic rings. The molecule has 4 rings (SSSR count). The molecule has 1 aromatic carbocycles. The average molecular weight is 437 g/mol. The molecule has 0 atom stereocenters. The molecule has 2 amide bonds. The molecule has 3 aromatic rings. The standard InChI is InChI=1S/C23H28N6O3/c1-32-12-6-11-29-20-19(14-17(15-25-20)22(31)28-9-3-2-4-10-28)26-23(29)27-21(30)16-7-5-8-18(24)13-16/h5,7-8,13-15H,2-4,6,9-12,24H2,1H3,(H,26,27,30). The number of piperidine rings is 1. The molecule has 3 heterocycles. The van der Waals surface area contributed by atoms with Crippen LogP contribution < -0.4 is 11.1 Å². The van der Waals surface area contributed by atoms with Crippen molar-refractivity contribution in [2.45, 2.75) is 32.2 Å². The van der Waals surface area contributed by atoms with Crippen molar-refractivity contribution in [3.05, 3.63) is 47.7 Å². The Kier molecular flexibility index (Phi) is 6.65. The zero-order valence-electron chi connectivity index (χ0n) is 18.2. The molecular formula is C23H28N6O3. The van der Waals surface area contributed by atoms with E-state index in [0.29, 0.717) is 47.1 Å². The second-order valence-electron chi connectivity index (χ2n) is 7.93. The summed E-state index contributed by atoms with van der Waals surface area (Å²) in [6, 6.07) is 8.51. The Bertz CT molecular complexity index is 1120. The quantitative estimate of drug-likeness (QED) is 0.435. The number of carbonyl (C=O) groups excluding carboxylic acids is 2. The third-order valence-corrected chi connectivity index (χ3v) is 5.58. The number of nitrogens with one attached hydrogen (secondary N) is 1. The van der Waals surface area contributed by atoms with Gasteiger partial charge in [-0.05, 0) is 49.9 Å². The molecule has 0 bridgehead atoms. The minimum atomic E-state index is -0.315. The first-order valence-electron chi connectivity index (χ1n) is 10.9. The SMILES string of the molecule is COCCCn1c(NC(=O)c2cccc(N)c2)nc2cc(C(=O)N3CCCCC3)cnc21. The number of fused-ring (bicyclic) bond motifs is 1. The lowest BCUT2D eigenvalue weighted by molar-refractivity contribution is 0.0724. The van der Waals surface area contributed by atoms with E-state index in [4.69, 9.17) is 10.5 Å². The summed E-state index contributed by atoms with van der Waals surface area (Å²) in [5, 5.41) is 2.86. The van der Waals surface area contributed by atoms with Gasteiger partial charge in [-0.15, -0.1) is 0 Å². The number of methoxy groups -OCH3 is 1. The number of anilines is 2. The van der Waals surface area contributed by atoms with Crippen LogP contribution in [0, 0.1) is 0 Å². The topological polar surface area (TPSA) is 115 Å². The Morgan fingerprint density at radius 3 is 2.72 bits per heavy atom. The second kappa shape index (κ2) is 9.78. The number of hydrogen-bond donors (Lipinski definition) is 2. The van der Waals surface area contributed by atoms with Gasteiger partial charge in [0.1, 0.15) is 5.52 Å². The maximum atomic E-state index is 12.9. The minimum Gasteiger partial charge on any atom is -0.399 e. The van der Waals surface area contributed by atoms with Crippen LogP contribution in [0.15, 0.2) is 36.5 Å². The number of hydrogen-bond acceptors (Lipinski definition) is 6. The average Bonchev–Trinajstić information content (AvgIpc) is 3.15. The summed E-state index contributed by atoms with van der Waals surface area (Å²) in [7, 11) is 1.64. The number of nitrogen functional groups attached to an aromatic ring is 1. The number of likely N-dealkylation sites (tertiary alicyclic amines) is 1. The monoisotopic (exact) mass is 436 g/mol. The van der Waals surface area contributed by atoms with Crippen molar-refractivity contribution in [1.29, 1.82) is 0 Å². The normalized spacial score (nSPS) is 14.0. The number of aryl methyl sites for hydroxylation is 1. The predicted molar refractivity (Wildman–Crippen MR) is 123 cm³/mol. The van der Waals surface area contributed by atoms with Crippen LogP contribution in [0.2, 0.25) is 0 Å². The number of nitrogens with zero attached hydrogens (tertiary/aromatic N) is 4. The van der Waals surface area contributed by atoms with Gasteiger partial charge in [-0.2, -0.15) is 0 Å². The smallest absolute Gasteiger partial charge is 0.258 e. The first-order valence-corrected chi connectivity index (χ1v) is 10.9. The highest BCUT2D eigenvalue weighted by Crippen LogP contribution is 2.22. The van der Waals surface area contributed by atoms with Crippen molar-refractivity contribution >= 4 is 34.6 Å². The predicted octanol–water partition coefficient (Wildman–Crippen LogP) is 2.93. The van der Waals surface area contributed by atoms with Gasteiger partial charge in [-0.25, -0.2) is 9.97 Å². The fourth-order valence-electron chi connectivity index (χ4n) is 3.94. The van der Waals surface area contributed by atoms with Gasteiger partial charge in [0.05, 0.1) is 5.56 Å². The van der Waals surface area contributed by atoms with Crippen LogP contribution in [0.4, 0.5) is 11.6 Å². The lowest BCUT2D eigenvalue weighted by Gasteiger charge is -2.26. The van der Waals surface area contributed by atoms with Gasteiger partial charge in [0.25, 0.3) is 11.8 Å². The molecule has 9 heteroatoms. The van der Waals surface area contributed by atoms with Gasteiger partial charge < -0.3 is 15.4 Å². The molecule has 1 aliphatic heterocycles. The molecule has 0 saturated carbocycles. The van der Waals surface area contributed by atoms with Crippen LogP contribution in [0.5, 0.6) is 0 Å². The zero-order valence-corrected chi connectivity index (χ0v) is 18.2. The number of imidazole rings is 1. The van der Waals surface area contributed by atoms with Crippen molar-refractivity contribution in [1.82, 2.24) is 19.4 Å². The number of aromatic nitrogens is 3. The Morgan fingerprint density at radius 1 is 1.16 bits per heavy atom. The van der Waals surface area contributed by atoms with Gasteiger partial charge >= 0.3 is 0 Å². The lowest BCUT2D eigenvalue weighted by atomic mass is 10.1. The van der Waals surface area contributed by atoms with E-state index in [1.54, 1.807) is 43.6 Å². The number of ether oxygens (including phenoxy) is 1. The van der Waals surface area contributed by atoms with Crippen molar-refractivity contribution in [2.24, 2.45) is 0 Å². The van der Waals surface area contributed by atoms with E-state index in [-0.39, 0.29) is 11.8 Å². The third kappa shape index (κ3) is 4.72. The van der Waals surface area contributed by atoms with Crippen LogP contribution in [-0.2, 0) is 11.3 Å². The Balaban J connectivity index is 1.64. The molecule has 0 unspecified atom stereocenters. The fourth-order valence-corrected chi connectivity index (χ4v) is 3.94. The first-order chi connectivity index (χ1) is 15.6. The number of nitrogens with two attached hydrogens (primary N) is 1. The molecule has 0 spiro atoms. The summed E-state index contributed by atoms with van der Waals surface area (Å²) < 4.78 is 7.01. The van der Waals surface area contributed by atoms with Crippen molar-refractivity contribution < 1.29 is 14.3 Å². The van der Waals surface area contributed by atoms with Gasteiger partial charge in [0.2, 0.25) is 5.95 Å². The first kappa shape index (κ1) is 21.8. The molecule has 9 nitrogen and oxygen atoms in total. The van der Waals surface area contributed by atoms with Gasteiger partial charge in [-0.1, -0.05) is 6.07 Å². The third-order valence-electron chi connectivity index (χ3n) is 5.58. The maximum absolute atomic E-state index is 12.9. The Hall–Kier alpha value is -3.46. The number of benzene rings is 1. The number of rotatable bonds is 7. The highest BCUT2D eigenvalue weighted by atomic mass is 16.5. The number of pyridine rings is 1. The number of amides is 2. The van der Waals surface area contributed by atoms with E-state index in [1.807, 2.05) is 9.47 Å². The summed E-state index contributed by atoms with van der Waals surface area (Å²) in [5.74, 6) is 0.0298. The van der Waals surface area contributed by atoms with Crippen molar-refractivity contribution in [3.63, 3.8) is 0 Å². The molecule has 3 N–H and O–H groups in total. The largest absolute Gasteiger partial charge is 0.399 e. The number of carbonyl (C=O) groups is 2. The van der Waals surface area contributed by atoms with Crippen LogP contribution in [0.1, 0.15) is 46.4 Å².